The van der Waals surface area contributed by atoms with E-state index in [0.29, 0.717) is 5.92 Å². The van der Waals surface area contributed by atoms with E-state index in [1.54, 1.807) is 0 Å². The summed E-state index contributed by atoms with van der Waals surface area (Å²) in [6.07, 6.45) is 7.55. The van der Waals surface area contributed by atoms with Crippen LogP contribution in [0.1, 0.15) is 52.8 Å². The Bertz CT molecular complexity index is 506. The standard InChI is InChI=1S/C18H26N2/c1-13-9-10-15(18(3,4)5)17(12-13)20-14(2)16-8-6-7-11-19-16/h6-11,13-14,20H,12H2,1-5H3. The van der Waals surface area contributed by atoms with E-state index in [1.165, 1.54) is 11.3 Å². The van der Waals surface area contributed by atoms with Gasteiger partial charge in [0.1, 0.15) is 0 Å². The highest BCUT2D eigenvalue weighted by molar-refractivity contribution is 5.34. The number of pyridine rings is 1. The Morgan fingerprint density at radius 3 is 2.65 bits per heavy atom. The molecule has 2 nitrogen and oxygen atoms in total. The van der Waals surface area contributed by atoms with E-state index in [1.807, 2.05) is 18.3 Å². The van der Waals surface area contributed by atoms with Gasteiger partial charge in [0, 0.05) is 11.9 Å². The van der Waals surface area contributed by atoms with Crippen molar-refractivity contribution in [1.82, 2.24) is 10.3 Å². The molecule has 20 heavy (non-hydrogen) atoms. The van der Waals surface area contributed by atoms with Crippen LogP contribution >= 0.6 is 0 Å². The van der Waals surface area contributed by atoms with Crippen molar-refractivity contribution in [1.29, 1.82) is 0 Å². The van der Waals surface area contributed by atoms with Crippen LogP contribution in [0.4, 0.5) is 0 Å². The maximum absolute atomic E-state index is 4.45. The summed E-state index contributed by atoms with van der Waals surface area (Å²) in [5, 5.41) is 3.69. The van der Waals surface area contributed by atoms with Crippen LogP contribution in [0.5, 0.6) is 0 Å². The Balaban J connectivity index is 2.24. The van der Waals surface area contributed by atoms with Crippen LogP contribution in [0.2, 0.25) is 0 Å². The number of hydrogen-bond acceptors (Lipinski definition) is 2. The summed E-state index contributed by atoms with van der Waals surface area (Å²) in [6, 6.07) is 6.32. The largest absolute Gasteiger partial charge is 0.380 e. The average Bonchev–Trinajstić information content (AvgIpc) is 2.38. The summed E-state index contributed by atoms with van der Waals surface area (Å²) >= 11 is 0. The summed E-state index contributed by atoms with van der Waals surface area (Å²) in [5.41, 5.74) is 4.04. The van der Waals surface area contributed by atoms with Gasteiger partial charge in [0.05, 0.1) is 11.7 Å². The van der Waals surface area contributed by atoms with Crippen molar-refractivity contribution in [3.05, 3.63) is 53.5 Å². The number of nitrogens with zero attached hydrogens (tertiary/aromatic N) is 1. The molecule has 2 rings (SSSR count). The van der Waals surface area contributed by atoms with E-state index in [2.05, 4.69) is 63.1 Å². The maximum atomic E-state index is 4.45. The van der Waals surface area contributed by atoms with Gasteiger partial charge in [0.25, 0.3) is 0 Å². The third-order valence-electron chi connectivity index (χ3n) is 3.77. The van der Waals surface area contributed by atoms with Crippen LogP contribution in [0.25, 0.3) is 0 Å². The third-order valence-corrected chi connectivity index (χ3v) is 3.77. The Morgan fingerprint density at radius 2 is 2.05 bits per heavy atom. The number of allylic oxidation sites excluding steroid dienone is 4. The first kappa shape index (κ1) is 14.8. The highest BCUT2D eigenvalue weighted by atomic mass is 15.0. The number of hydrogen-bond donors (Lipinski definition) is 1. The lowest BCUT2D eigenvalue weighted by atomic mass is 9.80. The normalized spacial score (nSPS) is 20.9. The Hall–Kier alpha value is -1.57. The smallest absolute Gasteiger partial charge is 0.0654 e. The second kappa shape index (κ2) is 5.82. The molecule has 1 aliphatic carbocycles. The lowest BCUT2D eigenvalue weighted by Gasteiger charge is -2.31. The fraction of sp³-hybridized carbons (Fsp3) is 0.500. The molecule has 1 heterocycles. The molecule has 108 valence electrons. The first-order valence-corrected chi connectivity index (χ1v) is 7.47. The van der Waals surface area contributed by atoms with Crippen LogP contribution in [0.3, 0.4) is 0 Å². The molecule has 0 amide bonds. The van der Waals surface area contributed by atoms with Crippen molar-refractivity contribution in [2.45, 2.75) is 47.1 Å². The van der Waals surface area contributed by atoms with Crippen LogP contribution in [-0.2, 0) is 0 Å². The van der Waals surface area contributed by atoms with E-state index in [-0.39, 0.29) is 11.5 Å². The van der Waals surface area contributed by atoms with Crippen molar-refractivity contribution < 1.29 is 0 Å². The second-order valence-electron chi connectivity index (χ2n) is 6.80. The Labute approximate surface area is 123 Å². The van der Waals surface area contributed by atoms with Gasteiger partial charge < -0.3 is 5.32 Å². The first-order valence-electron chi connectivity index (χ1n) is 7.47. The minimum atomic E-state index is 0.169. The molecule has 0 spiro atoms. The summed E-state index contributed by atoms with van der Waals surface area (Å²) in [5.74, 6) is 0.597. The van der Waals surface area contributed by atoms with Crippen molar-refractivity contribution in [2.24, 2.45) is 11.3 Å². The van der Waals surface area contributed by atoms with Crippen molar-refractivity contribution in [2.75, 3.05) is 0 Å². The molecular weight excluding hydrogens is 244 g/mol. The van der Waals surface area contributed by atoms with E-state index in [9.17, 15) is 0 Å². The van der Waals surface area contributed by atoms with Gasteiger partial charge in [-0.15, -0.1) is 0 Å². The fourth-order valence-corrected chi connectivity index (χ4v) is 2.67. The molecule has 0 saturated heterocycles. The SMILES string of the molecule is CC1C=CC(C(C)(C)C)=C(NC(C)c2ccccn2)C1. The molecule has 0 bridgehead atoms. The lowest BCUT2D eigenvalue weighted by Crippen LogP contribution is -2.26. The molecule has 1 N–H and O–H groups in total. The maximum Gasteiger partial charge on any atom is 0.0654 e. The summed E-state index contributed by atoms with van der Waals surface area (Å²) in [7, 11) is 0. The van der Waals surface area contributed by atoms with Gasteiger partial charge in [-0.1, -0.05) is 45.9 Å². The van der Waals surface area contributed by atoms with Crippen molar-refractivity contribution >= 4 is 0 Å². The summed E-state index contributed by atoms with van der Waals surface area (Å²) in [6.45, 7) is 11.3. The van der Waals surface area contributed by atoms with E-state index in [0.717, 1.165) is 12.1 Å². The number of nitrogens with one attached hydrogen (secondary N) is 1. The van der Waals surface area contributed by atoms with Gasteiger partial charge in [-0.2, -0.15) is 0 Å². The summed E-state index contributed by atoms with van der Waals surface area (Å²) in [4.78, 5) is 4.45. The molecule has 2 unspecified atom stereocenters. The molecule has 0 fully saturated rings. The average molecular weight is 270 g/mol. The van der Waals surface area contributed by atoms with E-state index >= 15 is 0 Å². The molecule has 0 radical (unpaired) electrons. The van der Waals surface area contributed by atoms with Gasteiger partial charge in [0.15, 0.2) is 0 Å². The van der Waals surface area contributed by atoms with Crippen LogP contribution in [0.15, 0.2) is 47.8 Å². The lowest BCUT2D eigenvalue weighted by molar-refractivity contribution is 0.475. The molecule has 2 atom stereocenters. The molecule has 0 saturated carbocycles. The van der Waals surface area contributed by atoms with Crippen LogP contribution in [-0.4, -0.2) is 4.98 Å². The third kappa shape index (κ3) is 3.50. The highest BCUT2D eigenvalue weighted by Crippen LogP contribution is 2.35. The molecule has 0 aliphatic heterocycles. The quantitative estimate of drug-likeness (QED) is 0.866. The van der Waals surface area contributed by atoms with Gasteiger partial charge >= 0.3 is 0 Å². The second-order valence-corrected chi connectivity index (χ2v) is 6.80. The zero-order chi connectivity index (χ0) is 14.8. The fourth-order valence-electron chi connectivity index (χ4n) is 2.67. The van der Waals surface area contributed by atoms with Gasteiger partial charge in [-0.3, -0.25) is 4.98 Å². The van der Waals surface area contributed by atoms with E-state index in [4.69, 9.17) is 0 Å². The first-order chi connectivity index (χ1) is 9.38. The zero-order valence-electron chi connectivity index (χ0n) is 13.3. The van der Waals surface area contributed by atoms with Crippen molar-refractivity contribution in [3.8, 4) is 0 Å². The Morgan fingerprint density at radius 1 is 1.30 bits per heavy atom. The molecule has 1 aromatic heterocycles. The van der Waals surface area contributed by atoms with Gasteiger partial charge in [0.2, 0.25) is 0 Å². The van der Waals surface area contributed by atoms with Crippen LogP contribution in [0, 0.1) is 11.3 Å². The summed E-state index contributed by atoms with van der Waals surface area (Å²) < 4.78 is 0. The van der Waals surface area contributed by atoms with Gasteiger partial charge in [-0.05, 0) is 42.4 Å². The van der Waals surface area contributed by atoms with Gasteiger partial charge in [-0.25, -0.2) is 0 Å². The minimum Gasteiger partial charge on any atom is -0.380 e. The zero-order valence-corrected chi connectivity index (χ0v) is 13.3. The monoisotopic (exact) mass is 270 g/mol. The van der Waals surface area contributed by atoms with Crippen LogP contribution < -0.4 is 5.32 Å². The molecule has 1 aromatic rings. The molecule has 1 aliphatic rings. The number of rotatable bonds is 3. The topological polar surface area (TPSA) is 24.9 Å². The molecule has 0 aromatic carbocycles. The minimum absolute atomic E-state index is 0.169. The highest BCUT2D eigenvalue weighted by Gasteiger charge is 2.24. The molecule has 2 heteroatoms. The predicted molar refractivity (Wildman–Crippen MR) is 85.2 cm³/mol. The molecular formula is C18H26N2. The van der Waals surface area contributed by atoms with Crippen molar-refractivity contribution in [3.63, 3.8) is 0 Å². The predicted octanol–water partition coefficient (Wildman–Crippen LogP) is 4.63. The Kier molecular flexibility index (Phi) is 4.32. The number of aromatic nitrogens is 1. The van der Waals surface area contributed by atoms with E-state index < -0.39 is 0 Å².